The van der Waals surface area contributed by atoms with E-state index < -0.39 is 0 Å². The Balaban J connectivity index is 2.60. The lowest BCUT2D eigenvalue weighted by Gasteiger charge is -1.97. The molecule has 1 nitrogen and oxygen atoms in total. The first-order valence-corrected chi connectivity index (χ1v) is 5.05. The van der Waals surface area contributed by atoms with E-state index >= 15 is 0 Å². The smallest absolute Gasteiger partial charge is 0.0917 e. The fourth-order valence-corrected chi connectivity index (χ4v) is 1.53. The predicted octanol–water partition coefficient (Wildman–Crippen LogP) is 3.38. The van der Waals surface area contributed by atoms with Gasteiger partial charge in [0.1, 0.15) is 0 Å². The van der Waals surface area contributed by atoms with E-state index in [2.05, 4.69) is 31.2 Å². The van der Waals surface area contributed by atoms with Gasteiger partial charge in [-0.3, -0.25) is 0 Å². The second-order valence-electron chi connectivity index (χ2n) is 2.55. The SMILES string of the molecule is CCc1ccc(SC=CC#N)cc1. The third kappa shape index (κ3) is 3.35. The summed E-state index contributed by atoms with van der Waals surface area (Å²) in [5.41, 5.74) is 1.34. The number of rotatable bonds is 3. The van der Waals surface area contributed by atoms with E-state index in [-0.39, 0.29) is 0 Å². The van der Waals surface area contributed by atoms with Crippen LogP contribution in [0.15, 0.2) is 40.6 Å². The van der Waals surface area contributed by atoms with Crippen molar-refractivity contribution in [1.82, 2.24) is 0 Å². The van der Waals surface area contributed by atoms with Gasteiger partial charge < -0.3 is 0 Å². The van der Waals surface area contributed by atoms with Crippen molar-refractivity contribution in [1.29, 1.82) is 5.26 Å². The molecule has 1 aromatic carbocycles. The first-order valence-electron chi connectivity index (χ1n) is 4.17. The lowest BCUT2D eigenvalue weighted by atomic mass is 10.2. The molecule has 0 N–H and O–H groups in total. The molecule has 1 rings (SSSR count). The molecule has 0 fully saturated rings. The predicted molar refractivity (Wildman–Crippen MR) is 56.4 cm³/mol. The second kappa shape index (κ2) is 5.45. The van der Waals surface area contributed by atoms with Crippen LogP contribution in [0.5, 0.6) is 0 Å². The largest absolute Gasteiger partial charge is 0.193 e. The molecule has 66 valence electrons. The van der Waals surface area contributed by atoms with Gasteiger partial charge in [0.05, 0.1) is 6.07 Å². The molecule has 1 aromatic rings. The van der Waals surface area contributed by atoms with Crippen LogP contribution in [0, 0.1) is 11.3 Å². The number of nitriles is 1. The van der Waals surface area contributed by atoms with Crippen LogP contribution < -0.4 is 0 Å². The van der Waals surface area contributed by atoms with Crippen LogP contribution in [-0.2, 0) is 6.42 Å². The summed E-state index contributed by atoms with van der Waals surface area (Å²) < 4.78 is 0. The number of hydrogen-bond donors (Lipinski definition) is 0. The van der Waals surface area contributed by atoms with Gasteiger partial charge in [0.2, 0.25) is 0 Å². The number of nitrogens with zero attached hydrogens (tertiary/aromatic N) is 1. The van der Waals surface area contributed by atoms with Crippen molar-refractivity contribution in [2.24, 2.45) is 0 Å². The van der Waals surface area contributed by atoms with Gasteiger partial charge in [0.25, 0.3) is 0 Å². The Morgan fingerprint density at radius 1 is 1.38 bits per heavy atom. The standard InChI is InChI=1S/C11H11NS/c1-2-10-4-6-11(7-5-10)13-9-3-8-12/h3-7,9H,2H2,1H3. The Labute approximate surface area is 83.1 Å². The zero-order chi connectivity index (χ0) is 9.52. The highest BCUT2D eigenvalue weighted by atomic mass is 32.2. The Hall–Kier alpha value is -1.20. The lowest BCUT2D eigenvalue weighted by Crippen LogP contribution is -1.77. The minimum Gasteiger partial charge on any atom is -0.193 e. The lowest BCUT2D eigenvalue weighted by molar-refractivity contribution is 1.13. The molecule has 0 amide bonds. The summed E-state index contributed by atoms with van der Waals surface area (Å²) in [5.74, 6) is 0. The van der Waals surface area contributed by atoms with Gasteiger partial charge in [-0.1, -0.05) is 30.8 Å². The molecule has 0 saturated carbocycles. The number of benzene rings is 1. The van der Waals surface area contributed by atoms with Gasteiger partial charge in [-0.05, 0) is 29.5 Å². The van der Waals surface area contributed by atoms with Crippen LogP contribution in [0.2, 0.25) is 0 Å². The van der Waals surface area contributed by atoms with E-state index in [9.17, 15) is 0 Å². The molecule has 0 radical (unpaired) electrons. The van der Waals surface area contributed by atoms with E-state index in [0.29, 0.717) is 0 Å². The van der Waals surface area contributed by atoms with Crippen LogP contribution in [-0.4, -0.2) is 0 Å². The highest BCUT2D eigenvalue weighted by molar-refractivity contribution is 8.02. The normalized spacial score (nSPS) is 10.2. The van der Waals surface area contributed by atoms with Gasteiger partial charge in [-0.25, -0.2) is 0 Å². The van der Waals surface area contributed by atoms with E-state index in [1.165, 1.54) is 16.5 Å². The summed E-state index contributed by atoms with van der Waals surface area (Å²) in [5, 5.41) is 10.1. The maximum Gasteiger partial charge on any atom is 0.0917 e. The van der Waals surface area contributed by atoms with Gasteiger partial charge in [0.15, 0.2) is 0 Å². The van der Waals surface area contributed by atoms with Crippen molar-refractivity contribution in [3.63, 3.8) is 0 Å². The van der Waals surface area contributed by atoms with Crippen molar-refractivity contribution < 1.29 is 0 Å². The molecule has 0 aliphatic rings. The summed E-state index contributed by atoms with van der Waals surface area (Å²) in [7, 11) is 0. The Morgan fingerprint density at radius 2 is 2.08 bits per heavy atom. The minimum absolute atomic E-state index is 1.07. The zero-order valence-corrected chi connectivity index (χ0v) is 8.34. The molecule has 2 heteroatoms. The molecule has 0 saturated heterocycles. The molecule has 13 heavy (non-hydrogen) atoms. The fraction of sp³-hybridized carbons (Fsp3) is 0.182. The summed E-state index contributed by atoms with van der Waals surface area (Å²) in [6.45, 7) is 2.14. The van der Waals surface area contributed by atoms with Crippen LogP contribution in [0.25, 0.3) is 0 Å². The average Bonchev–Trinajstić information content (AvgIpc) is 2.19. The minimum atomic E-state index is 1.07. The van der Waals surface area contributed by atoms with E-state index in [0.717, 1.165) is 6.42 Å². The Kier molecular flexibility index (Phi) is 4.14. The van der Waals surface area contributed by atoms with Crippen LogP contribution in [0.4, 0.5) is 0 Å². The monoisotopic (exact) mass is 189 g/mol. The molecule has 0 aromatic heterocycles. The fourth-order valence-electron chi connectivity index (χ4n) is 0.947. The zero-order valence-electron chi connectivity index (χ0n) is 7.53. The highest BCUT2D eigenvalue weighted by Crippen LogP contribution is 2.19. The first kappa shape index (κ1) is 9.88. The van der Waals surface area contributed by atoms with Crippen molar-refractivity contribution in [3.05, 3.63) is 41.3 Å². The van der Waals surface area contributed by atoms with Crippen molar-refractivity contribution >= 4 is 11.8 Å². The van der Waals surface area contributed by atoms with Gasteiger partial charge in [-0.2, -0.15) is 5.26 Å². The summed E-state index contributed by atoms with van der Waals surface area (Å²) >= 11 is 1.56. The number of hydrogen-bond acceptors (Lipinski definition) is 2. The molecule has 0 unspecified atom stereocenters. The van der Waals surface area contributed by atoms with Crippen molar-refractivity contribution in [2.45, 2.75) is 18.2 Å². The number of aryl methyl sites for hydroxylation is 1. The van der Waals surface area contributed by atoms with Gasteiger partial charge in [-0.15, -0.1) is 0 Å². The molecular weight excluding hydrogens is 178 g/mol. The highest BCUT2D eigenvalue weighted by Gasteiger charge is 1.90. The van der Waals surface area contributed by atoms with Crippen LogP contribution in [0.3, 0.4) is 0 Å². The molecular formula is C11H11NS. The van der Waals surface area contributed by atoms with Crippen LogP contribution >= 0.6 is 11.8 Å². The number of allylic oxidation sites excluding steroid dienone is 1. The average molecular weight is 189 g/mol. The van der Waals surface area contributed by atoms with Crippen molar-refractivity contribution in [3.8, 4) is 6.07 Å². The molecule has 0 atom stereocenters. The summed E-state index contributed by atoms with van der Waals surface area (Å²) in [6.07, 6.45) is 2.55. The molecule has 0 aliphatic heterocycles. The van der Waals surface area contributed by atoms with E-state index in [1.807, 2.05) is 6.07 Å². The maximum atomic E-state index is 8.28. The molecule has 0 spiro atoms. The molecule has 0 heterocycles. The summed E-state index contributed by atoms with van der Waals surface area (Å²) in [4.78, 5) is 1.17. The number of thioether (sulfide) groups is 1. The third-order valence-corrected chi connectivity index (χ3v) is 2.49. The molecule has 0 bridgehead atoms. The quantitative estimate of drug-likeness (QED) is 0.537. The van der Waals surface area contributed by atoms with E-state index in [1.54, 1.807) is 17.2 Å². The van der Waals surface area contributed by atoms with Gasteiger partial charge >= 0.3 is 0 Å². The summed E-state index contributed by atoms with van der Waals surface area (Å²) in [6, 6.07) is 10.3. The van der Waals surface area contributed by atoms with Crippen LogP contribution in [0.1, 0.15) is 12.5 Å². The Bertz CT molecular complexity index is 319. The van der Waals surface area contributed by atoms with Gasteiger partial charge in [0, 0.05) is 11.0 Å². The topological polar surface area (TPSA) is 23.8 Å². The Morgan fingerprint density at radius 3 is 2.62 bits per heavy atom. The second-order valence-corrected chi connectivity index (χ2v) is 3.53. The first-order chi connectivity index (χ1) is 6.36. The van der Waals surface area contributed by atoms with E-state index in [4.69, 9.17) is 5.26 Å². The maximum absolute atomic E-state index is 8.28. The third-order valence-electron chi connectivity index (χ3n) is 1.68. The van der Waals surface area contributed by atoms with Crippen molar-refractivity contribution in [2.75, 3.05) is 0 Å². The molecule has 0 aliphatic carbocycles.